The van der Waals surface area contributed by atoms with Gasteiger partial charge in [0.2, 0.25) is 11.8 Å². The van der Waals surface area contributed by atoms with Gasteiger partial charge in [-0.1, -0.05) is 79.2 Å². The second-order valence-corrected chi connectivity index (χ2v) is 9.61. The SMILES string of the molecule is CCCNC(=O)C(Cc1ccccc1)N(Cc1ccc(F)cc1)C(=O)CSCc1cccc(C)c1. The van der Waals surface area contributed by atoms with E-state index in [-0.39, 0.29) is 29.9 Å². The molecule has 0 bridgehead atoms. The fourth-order valence-corrected chi connectivity index (χ4v) is 4.71. The third-order valence-electron chi connectivity index (χ3n) is 5.66. The maximum Gasteiger partial charge on any atom is 0.243 e. The molecule has 0 saturated carbocycles. The van der Waals surface area contributed by atoms with E-state index in [2.05, 4.69) is 17.4 Å². The first-order valence-corrected chi connectivity index (χ1v) is 13.1. The Labute approximate surface area is 211 Å². The van der Waals surface area contributed by atoms with Gasteiger partial charge in [-0.15, -0.1) is 11.8 Å². The number of rotatable bonds is 12. The number of hydrogen-bond acceptors (Lipinski definition) is 3. The number of nitrogens with zero attached hydrogens (tertiary/aromatic N) is 1. The number of amides is 2. The van der Waals surface area contributed by atoms with Crippen molar-refractivity contribution in [3.63, 3.8) is 0 Å². The summed E-state index contributed by atoms with van der Waals surface area (Å²) in [6, 6.07) is 23.4. The van der Waals surface area contributed by atoms with Gasteiger partial charge < -0.3 is 10.2 Å². The molecule has 0 aromatic heterocycles. The normalized spacial score (nSPS) is 11.6. The Morgan fingerprint density at radius 2 is 1.66 bits per heavy atom. The van der Waals surface area contributed by atoms with Crippen LogP contribution in [0.15, 0.2) is 78.9 Å². The van der Waals surface area contributed by atoms with Gasteiger partial charge in [0.1, 0.15) is 11.9 Å². The molecule has 0 radical (unpaired) electrons. The van der Waals surface area contributed by atoms with Crippen LogP contribution in [0.25, 0.3) is 0 Å². The average molecular weight is 493 g/mol. The minimum atomic E-state index is -0.666. The molecule has 0 aliphatic carbocycles. The number of carbonyl (C=O) groups excluding carboxylic acids is 2. The Hall–Kier alpha value is -3.12. The predicted octanol–water partition coefficient (Wildman–Crippen LogP) is 5.53. The molecule has 4 nitrogen and oxygen atoms in total. The number of nitrogens with one attached hydrogen (secondary N) is 1. The van der Waals surface area contributed by atoms with E-state index >= 15 is 0 Å². The zero-order valence-corrected chi connectivity index (χ0v) is 21.2. The molecule has 1 atom stereocenters. The van der Waals surface area contributed by atoms with E-state index in [4.69, 9.17) is 0 Å². The number of halogens is 1. The highest BCUT2D eigenvalue weighted by Gasteiger charge is 2.30. The van der Waals surface area contributed by atoms with E-state index < -0.39 is 6.04 Å². The molecule has 0 spiro atoms. The zero-order chi connectivity index (χ0) is 25.0. The summed E-state index contributed by atoms with van der Waals surface area (Å²) in [6.45, 7) is 4.83. The Balaban J connectivity index is 1.82. The Morgan fingerprint density at radius 3 is 2.34 bits per heavy atom. The third-order valence-corrected chi connectivity index (χ3v) is 6.65. The van der Waals surface area contributed by atoms with Crippen molar-refractivity contribution in [1.29, 1.82) is 0 Å². The highest BCUT2D eigenvalue weighted by atomic mass is 32.2. The summed E-state index contributed by atoms with van der Waals surface area (Å²) in [6.07, 6.45) is 1.22. The van der Waals surface area contributed by atoms with Gasteiger partial charge in [-0.05, 0) is 42.2 Å². The summed E-state index contributed by atoms with van der Waals surface area (Å²) >= 11 is 1.53. The summed E-state index contributed by atoms with van der Waals surface area (Å²) in [4.78, 5) is 28.4. The minimum absolute atomic E-state index is 0.112. The van der Waals surface area contributed by atoms with Crippen LogP contribution in [0.1, 0.15) is 35.6 Å². The molecule has 3 rings (SSSR count). The first-order chi connectivity index (χ1) is 17.0. The predicted molar refractivity (Wildman–Crippen MR) is 142 cm³/mol. The van der Waals surface area contributed by atoms with Gasteiger partial charge in [-0.2, -0.15) is 0 Å². The molecule has 0 fully saturated rings. The van der Waals surface area contributed by atoms with Crippen molar-refractivity contribution in [1.82, 2.24) is 10.2 Å². The number of thioether (sulfide) groups is 1. The summed E-state index contributed by atoms with van der Waals surface area (Å²) < 4.78 is 13.5. The van der Waals surface area contributed by atoms with E-state index in [1.54, 1.807) is 17.0 Å². The molecule has 0 aliphatic rings. The zero-order valence-electron chi connectivity index (χ0n) is 20.4. The first kappa shape index (κ1) is 26.5. The monoisotopic (exact) mass is 492 g/mol. The standard InChI is InChI=1S/C29H33FN2O2S/c1-3-16-31-29(34)27(18-23-9-5-4-6-10-23)32(19-24-12-14-26(30)15-13-24)28(33)21-35-20-25-11-7-8-22(2)17-25/h4-15,17,27H,3,16,18-21H2,1-2H3,(H,31,34). The molecule has 3 aromatic carbocycles. The summed E-state index contributed by atoms with van der Waals surface area (Å²) in [5.74, 6) is 0.348. The quantitative estimate of drug-likeness (QED) is 0.362. The Kier molecular flexibility index (Phi) is 10.4. The van der Waals surface area contributed by atoms with Crippen LogP contribution in [0.2, 0.25) is 0 Å². The second kappa shape index (κ2) is 13.7. The molecular formula is C29H33FN2O2S. The fourth-order valence-electron chi connectivity index (χ4n) is 3.85. The van der Waals surface area contributed by atoms with Crippen molar-refractivity contribution in [2.75, 3.05) is 12.3 Å². The molecule has 184 valence electrons. The van der Waals surface area contributed by atoms with Crippen LogP contribution in [0, 0.1) is 12.7 Å². The molecule has 6 heteroatoms. The van der Waals surface area contributed by atoms with E-state index in [1.807, 2.05) is 56.3 Å². The van der Waals surface area contributed by atoms with Gasteiger partial charge in [0, 0.05) is 25.3 Å². The fraction of sp³-hybridized carbons (Fsp3) is 0.310. The first-order valence-electron chi connectivity index (χ1n) is 11.9. The molecule has 2 amide bonds. The molecule has 1 N–H and O–H groups in total. The van der Waals surface area contributed by atoms with Crippen molar-refractivity contribution < 1.29 is 14.0 Å². The van der Waals surface area contributed by atoms with Gasteiger partial charge in [0.05, 0.1) is 5.75 Å². The van der Waals surface area contributed by atoms with Gasteiger partial charge in [-0.25, -0.2) is 4.39 Å². The number of carbonyl (C=O) groups is 2. The molecule has 3 aromatic rings. The lowest BCUT2D eigenvalue weighted by atomic mass is 10.0. The van der Waals surface area contributed by atoms with Crippen molar-refractivity contribution in [2.45, 2.75) is 45.0 Å². The summed E-state index contributed by atoms with van der Waals surface area (Å²) in [5, 5.41) is 2.97. The minimum Gasteiger partial charge on any atom is -0.354 e. The van der Waals surface area contributed by atoms with Crippen LogP contribution in [-0.4, -0.2) is 35.1 Å². The van der Waals surface area contributed by atoms with Gasteiger partial charge in [-0.3, -0.25) is 9.59 Å². The molecule has 35 heavy (non-hydrogen) atoms. The highest BCUT2D eigenvalue weighted by Crippen LogP contribution is 2.19. The van der Waals surface area contributed by atoms with Crippen molar-refractivity contribution in [2.24, 2.45) is 0 Å². The molecule has 1 unspecified atom stereocenters. The summed E-state index contributed by atoms with van der Waals surface area (Å²) in [7, 11) is 0. The average Bonchev–Trinajstić information content (AvgIpc) is 2.86. The van der Waals surface area contributed by atoms with E-state index in [9.17, 15) is 14.0 Å². The van der Waals surface area contributed by atoms with Crippen LogP contribution in [-0.2, 0) is 28.3 Å². The third kappa shape index (κ3) is 8.55. The smallest absolute Gasteiger partial charge is 0.243 e. The lowest BCUT2D eigenvalue weighted by Crippen LogP contribution is -2.51. The number of benzene rings is 3. The largest absolute Gasteiger partial charge is 0.354 e. The molecule has 0 heterocycles. The van der Waals surface area contributed by atoms with E-state index in [1.165, 1.54) is 29.5 Å². The van der Waals surface area contributed by atoms with Crippen LogP contribution in [0.3, 0.4) is 0 Å². The van der Waals surface area contributed by atoms with Crippen LogP contribution in [0.5, 0.6) is 0 Å². The van der Waals surface area contributed by atoms with E-state index in [0.717, 1.165) is 23.1 Å². The van der Waals surface area contributed by atoms with Gasteiger partial charge in [0.25, 0.3) is 0 Å². The molecule has 0 aliphatic heterocycles. The lowest BCUT2D eigenvalue weighted by Gasteiger charge is -2.31. The lowest BCUT2D eigenvalue weighted by molar-refractivity contribution is -0.139. The maximum absolute atomic E-state index is 13.5. The van der Waals surface area contributed by atoms with Crippen LogP contribution in [0.4, 0.5) is 4.39 Å². The summed E-state index contributed by atoms with van der Waals surface area (Å²) in [5.41, 5.74) is 4.11. The molecular weight excluding hydrogens is 459 g/mol. The van der Waals surface area contributed by atoms with Gasteiger partial charge >= 0.3 is 0 Å². The maximum atomic E-state index is 13.5. The number of hydrogen-bond donors (Lipinski definition) is 1. The van der Waals surface area contributed by atoms with Crippen LogP contribution < -0.4 is 5.32 Å². The molecule has 0 saturated heterocycles. The van der Waals surface area contributed by atoms with E-state index in [0.29, 0.717) is 18.7 Å². The van der Waals surface area contributed by atoms with Crippen LogP contribution >= 0.6 is 11.8 Å². The van der Waals surface area contributed by atoms with Crippen molar-refractivity contribution >= 4 is 23.6 Å². The Morgan fingerprint density at radius 1 is 0.943 bits per heavy atom. The van der Waals surface area contributed by atoms with Crippen molar-refractivity contribution in [3.05, 3.63) is 107 Å². The second-order valence-electron chi connectivity index (χ2n) is 8.63. The van der Waals surface area contributed by atoms with Gasteiger partial charge in [0.15, 0.2) is 0 Å². The topological polar surface area (TPSA) is 49.4 Å². The Bertz CT molecular complexity index is 1090. The highest BCUT2D eigenvalue weighted by molar-refractivity contribution is 7.99. The van der Waals surface area contributed by atoms with Crippen molar-refractivity contribution in [3.8, 4) is 0 Å². The number of aryl methyl sites for hydroxylation is 1.